The molecule has 1 aliphatic rings. The third kappa shape index (κ3) is 4.31. The van der Waals surface area contributed by atoms with E-state index in [0.29, 0.717) is 5.92 Å². The second-order valence-corrected chi connectivity index (χ2v) is 5.67. The molecular weight excluding hydrogens is 291 g/mol. The number of halogens is 2. The van der Waals surface area contributed by atoms with Crippen molar-refractivity contribution in [2.75, 3.05) is 26.2 Å². The van der Waals surface area contributed by atoms with E-state index in [1.807, 2.05) is 6.07 Å². The van der Waals surface area contributed by atoms with Crippen molar-refractivity contribution in [2.24, 2.45) is 5.92 Å². The Balaban J connectivity index is 0.00000220. The zero-order valence-corrected chi connectivity index (χ0v) is 13.6. The Hall–Kier alpha value is -0.840. The smallest absolute Gasteiger partial charge is 0.165 e. The normalized spacial score (nSPS) is 18.8. The molecule has 2 N–H and O–H groups in total. The summed E-state index contributed by atoms with van der Waals surface area (Å²) >= 11 is 0. The van der Waals surface area contributed by atoms with Gasteiger partial charge < -0.3 is 10.4 Å². The fourth-order valence-electron chi connectivity index (χ4n) is 3.21. The van der Waals surface area contributed by atoms with Gasteiger partial charge in [0.05, 0.1) is 0 Å². The number of hydrogen-bond acceptors (Lipinski definition) is 3. The molecule has 0 spiro atoms. The van der Waals surface area contributed by atoms with E-state index < -0.39 is 5.82 Å². The van der Waals surface area contributed by atoms with Gasteiger partial charge in [-0.25, -0.2) is 4.39 Å². The molecule has 1 heterocycles. The van der Waals surface area contributed by atoms with Gasteiger partial charge in [-0.05, 0) is 18.4 Å². The van der Waals surface area contributed by atoms with Crippen LogP contribution in [0.25, 0.3) is 0 Å². The number of nitrogens with one attached hydrogen (secondary N) is 1. The van der Waals surface area contributed by atoms with Crippen LogP contribution in [0.5, 0.6) is 5.75 Å². The van der Waals surface area contributed by atoms with Gasteiger partial charge >= 0.3 is 0 Å². The van der Waals surface area contributed by atoms with Crippen LogP contribution in [-0.2, 0) is 0 Å². The summed E-state index contributed by atoms with van der Waals surface area (Å²) in [5, 5.41) is 13.4. The summed E-state index contributed by atoms with van der Waals surface area (Å²) in [7, 11) is 0. The molecule has 120 valence electrons. The summed E-state index contributed by atoms with van der Waals surface area (Å²) in [6.07, 6.45) is 2.17. The average Bonchev–Trinajstić information content (AvgIpc) is 2.45. The molecule has 1 fully saturated rings. The summed E-state index contributed by atoms with van der Waals surface area (Å²) in [6, 6.07) is 4.96. The van der Waals surface area contributed by atoms with Gasteiger partial charge in [-0.15, -0.1) is 12.4 Å². The number of benzene rings is 1. The summed E-state index contributed by atoms with van der Waals surface area (Å²) in [5.74, 6) is -0.309. The molecule has 1 aromatic carbocycles. The van der Waals surface area contributed by atoms with Gasteiger partial charge in [0.15, 0.2) is 11.6 Å². The third-order valence-corrected chi connectivity index (χ3v) is 4.16. The summed E-state index contributed by atoms with van der Waals surface area (Å²) < 4.78 is 13.7. The fraction of sp³-hybridized carbons (Fsp3) is 0.625. The molecule has 1 saturated heterocycles. The maximum absolute atomic E-state index is 13.7. The maximum atomic E-state index is 13.7. The van der Waals surface area contributed by atoms with Crippen LogP contribution in [0, 0.1) is 11.7 Å². The topological polar surface area (TPSA) is 35.5 Å². The lowest BCUT2D eigenvalue weighted by Gasteiger charge is -2.39. The van der Waals surface area contributed by atoms with E-state index in [1.165, 1.54) is 6.07 Å². The highest BCUT2D eigenvalue weighted by Gasteiger charge is 2.29. The Labute approximate surface area is 132 Å². The molecule has 0 saturated carbocycles. The minimum Gasteiger partial charge on any atom is -0.505 e. The van der Waals surface area contributed by atoms with Crippen molar-refractivity contribution in [3.05, 3.63) is 29.6 Å². The molecule has 21 heavy (non-hydrogen) atoms. The van der Waals surface area contributed by atoms with Gasteiger partial charge in [-0.3, -0.25) is 4.90 Å². The minimum absolute atomic E-state index is 0. The second kappa shape index (κ2) is 8.57. The van der Waals surface area contributed by atoms with Crippen molar-refractivity contribution >= 4 is 12.4 Å². The Morgan fingerprint density at radius 1 is 1.33 bits per heavy atom. The number of rotatable bonds is 5. The quantitative estimate of drug-likeness (QED) is 0.874. The molecule has 0 bridgehead atoms. The van der Waals surface area contributed by atoms with Gasteiger partial charge in [-0.1, -0.05) is 32.4 Å². The van der Waals surface area contributed by atoms with Crippen molar-refractivity contribution in [1.82, 2.24) is 10.2 Å². The molecule has 5 heteroatoms. The molecule has 3 nitrogen and oxygen atoms in total. The van der Waals surface area contributed by atoms with Crippen LogP contribution < -0.4 is 5.32 Å². The highest BCUT2D eigenvalue weighted by atomic mass is 35.5. The van der Waals surface area contributed by atoms with Crippen molar-refractivity contribution < 1.29 is 9.50 Å². The minimum atomic E-state index is -0.522. The van der Waals surface area contributed by atoms with Crippen molar-refractivity contribution in [1.29, 1.82) is 0 Å². The van der Waals surface area contributed by atoms with Crippen LogP contribution in [0.15, 0.2) is 18.2 Å². The molecule has 2 atom stereocenters. The summed E-state index contributed by atoms with van der Waals surface area (Å²) in [5.41, 5.74) is 0.729. The average molecular weight is 317 g/mol. The number of para-hydroxylation sites is 1. The summed E-state index contributed by atoms with van der Waals surface area (Å²) in [6.45, 7) is 8.14. The van der Waals surface area contributed by atoms with Crippen LogP contribution in [0.1, 0.15) is 38.3 Å². The summed E-state index contributed by atoms with van der Waals surface area (Å²) in [4.78, 5) is 2.37. The number of nitrogens with zero attached hydrogens (tertiary/aromatic N) is 1. The second-order valence-electron chi connectivity index (χ2n) is 5.67. The van der Waals surface area contributed by atoms with Crippen LogP contribution in [0.4, 0.5) is 4.39 Å². The maximum Gasteiger partial charge on any atom is 0.165 e. The first-order valence-corrected chi connectivity index (χ1v) is 7.57. The molecule has 0 aliphatic carbocycles. The Bertz CT molecular complexity index is 438. The van der Waals surface area contributed by atoms with E-state index >= 15 is 0 Å². The lowest BCUT2D eigenvalue weighted by Crippen LogP contribution is -2.46. The first kappa shape index (κ1) is 18.2. The molecular formula is C16H26ClFN2O. The van der Waals surface area contributed by atoms with E-state index in [4.69, 9.17) is 0 Å². The van der Waals surface area contributed by atoms with E-state index in [-0.39, 0.29) is 24.2 Å². The zero-order chi connectivity index (χ0) is 14.5. The zero-order valence-electron chi connectivity index (χ0n) is 12.8. The van der Waals surface area contributed by atoms with E-state index in [0.717, 1.165) is 44.6 Å². The van der Waals surface area contributed by atoms with Crippen molar-refractivity contribution in [2.45, 2.75) is 32.7 Å². The Kier molecular flexibility index (Phi) is 7.43. The monoisotopic (exact) mass is 316 g/mol. The molecule has 1 aliphatic heterocycles. The molecule has 1 aromatic rings. The van der Waals surface area contributed by atoms with Gasteiger partial charge in [0.1, 0.15) is 0 Å². The third-order valence-electron chi connectivity index (χ3n) is 4.16. The number of hydrogen-bond donors (Lipinski definition) is 2. The SMILES string of the molecule is CCCC(C)[C@H](c1cccc(F)c1O)N1CCNCC1.Cl. The van der Waals surface area contributed by atoms with Crippen LogP contribution in [0.3, 0.4) is 0 Å². The molecule has 0 radical (unpaired) electrons. The van der Waals surface area contributed by atoms with Crippen molar-refractivity contribution in [3.8, 4) is 5.75 Å². The highest BCUT2D eigenvalue weighted by Crippen LogP contribution is 2.37. The van der Waals surface area contributed by atoms with Crippen LogP contribution in [-0.4, -0.2) is 36.2 Å². The Morgan fingerprint density at radius 3 is 2.62 bits per heavy atom. The van der Waals surface area contributed by atoms with Gasteiger partial charge in [-0.2, -0.15) is 0 Å². The first-order valence-electron chi connectivity index (χ1n) is 7.57. The van der Waals surface area contributed by atoms with Crippen LogP contribution in [0.2, 0.25) is 0 Å². The fourth-order valence-corrected chi connectivity index (χ4v) is 3.21. The van der Waals surface area contributed by atoms with E-state index in [1.54, 1.807) is 6.07 Å². The largest absolute Gasteiger partial charge is 0.505 e. The molecule has 0 amide bonds. The molecule has 1 unspecified atom stereocenters. The van der Waals surface area contributed by atoms with E-state index in [2.05, 4.69) is 24.1 Å². The first-order chi connectivity index (χ1) is 9.65. The Morgan fingerprint density at radius 2 is 2.00 bits per heavy atom. The number of piperazine rings is 1. The number of phenolic OH excluding ortho intramolecular Hbond substituents is 1. The van der Waals surface area contributed by atoms with Gasteiger partial charge in [0, 0.05) is 37.8 Å². The lowest BCUT2D eigenvalue weighted by atomic mass is 9.88. The predicted octanol–water partition coefficient (Wildman–Crippen LogP) is 3.34. The predicted molar refractivity (Wildman–Crippen MR) is 86.6 cm³/mol. The standard InChI is InChI=1S/C16H25FN2O.ClH/c1-3-5-12(2)15(19-10-8-18-9-11-19)13-6-4-7-14(17)16(13)20;/h4,6-7,12,15,18,20H,3,5,8-11H2,1-2H3;1H/t12?,15-;/m1./s1. The highest BCUT2D eigenvalue weighted by molar-refractivity contribution is 5.85. The number of aromatic hydroxyl groups is 1. The van der Waals surface area contributed by atoms with Crippen molar-refractivity contribution in [3.63, 3.8) is 0 Å². The van der Waals surface area contributed by atoms with Gasteiger partial charge in [0.25, 0.3) is 0 Å². The molecule has 0 aromatic heterocycles. The van der Waals surface area contributed by atoms with Crippen LogP contribution >= 0.6 is 12.4 Å². The molecule has 2 rings (SSSR count). The number of phenols is 1. The van der Waals surface area contributed by atoms with Gasteiger partial charge in [0.2, 0.25) is 0 Å². The van der Waals surface area contributed by atoms with E-state index in [9.17, 15) is 9.50 Å². The lowest BCUT2D eigenvalue weighted by molar-refractivity contribution is 0.123.